The molecule has 1 fully saturated rings. The van der Waals surface area contributed by atoms with E-state index in [0.717, 1.165) is 23.3 Å². The first kappa shape index (κ1) is 19.9. The fraction of sp³-hybridized carbons (Fsp3) is 0.409. The third kappa shape index (κ3) is 4.32. The second-order valence-electron chi connectivity index (χ2n) is 6.94. The Bertz CT molecular complexity index is 818. The smallest absolute Gasteiger partial charge is 0.318 e. The second-order valence-corrected chi connectivity index (χ2v) is 6.94. The number of para-hydroxylation sites is 1. The average molecular weight is 384 g/mol. The van der Waals surface area contributed by atoms with E-state index < -0.39 is 0 Å². The summed E-state index contributed by atoms with van der Waals surface area (Å²) in [4.78, 5) is 14.4. The highest BCUT2D eigenvalue weighted by atomic mass is 16.5. The Hall–Kier alpha value is -2.89. The maximum Gasteiger partial charge on any atom is 0.318 e. The summed E-state index contributed by atoms with van der Waals surface area (Å²) in [6, 6.07) is 13.5. The predicted molar refractivity (Wildman–Crippen MR) is 108 cm³/mol. The van der Waals surface area contributed by atoms with Crippen molar-refractivity contribution in [3.05, 3.63) is 53.6 Å². The summed E-state index contributed by atoms with van der Waals surface area (Å²) in [6.07, 6.45) is 0.811. The van der Waals surface area contributed by atoms with Crippen LogP contribution in [0, 0.1) is 6.92 Å². The number of hydrogen-bond acceptors (Lipinski definition) is 4. The fourth-order valence-electron chi connectivity index (χ4n) is 3.28. The van der Waals surface area contributed by atoms with Gasteiger partial charge in [-0.2, -0.15) is 0 Å². The highest BCUT2D eigenvalue weighted by Gasteiger charge is 2.33. The van der Waals surface area contributed by atoms with E-state index in [4.69, 9.17) is 14.2 Å². The normalized spacial score (nSPS) is 14.8. The molecule has 6 heteroatoms. The number of likely N-dealkylation sites (tertiary alicyclic amines) is 1. The lowest BCUT2D eigenvalue weighted by atomic mass is 10.0. The first-order chi connectivity index (χ1) is 13.5. The molecule has 1 aliphatic rings. The molecular formula is C22H28N2O4. The van der Waals surface area contributed by atoms with Gasteiger partial charge in [-0.05, 0) is 42.7 Å². The van der Waals surface area contributed by atoms with Gasteiger partial charge in [-0.3, -0.25) is 0 Å². The van der Waals surface area contributed by atoms with Gasteiger partial charge in [0.15, 0.2) is 11.5 Å². The topological polar surface area (TPSA) is 60.0 Å². The maximum atomic E-state index is 12.6. The number of ether oxygens (including phenoxy) is 3. The zero-order valence-electron chi connectivity index (χ0n) is 16.9. The zero-order chi connectivity index (χ0) is 20.1. The van der Waals surface area contributed by atoms with Gasteiger partial charge in [-0.25, -0.2) is 4.79 Å². The zero-order valence-corrected chi connectivity index (χ0v) is 16.9. The van der Waals surface area contributed by atoms with Crippen LogP contribution in [0.3, 0.4) is 0 Å². The lowest BCUT2D eigenvalue weighted by molar-refractivity contribution is 0.0429. The minimum atomic E-state index is -0.0938. The maximum absolute atomic E-state index is 12.6. The quantitative estimate of drug-likeness (QED) is 0.786. The van der Waals surface area contributed by atoms with Gasteiger partial charge in [0.1, 0.15) is 11.9 Å². The molecule has 0 saturated carbocycles. The Labute approximate surface area is 166 Å². The van der Waals surface area contributed by atoms with E-state index in [0.29, 0.717) is 24.6 Å². The number of aryl methyl sites for hydroxylation is 1. The fourth-order valence-corrected chi connectivity index (χ4v) is 3.28. The molecule has 2 aromatic rings. The largest absolute Gasteiger partial charge is 0.493 e. The number of benzene rings is 2. The molecule has 150 valence electrons. The summed E-state index contributed by atoms with van der Waals surface area (Å²) in [7, 11) is 3.21. The predicted octanol–water partition coefficient (Wildman–Crippen LogP) is 3.94. The van der Waals surface area contributed by atoms with Crippen molar-refractivity contribution in [2.75, 3.05) is 27.3 Å². The first-order valence-corrected chi connectivity index (χ1v) is 9.55. The molecule has 6 nitrogen and oxygen atoms in total. The van der Waals surface area contributed by atoms with Gasteiger partial charge in [0.2, 0.25) is 0 Å². The molecule has 0 aromatic heterocycles. The van der Waals surface area contributed by atoms with Crippen LogP contribution in [0.5, 0.6) is 17.2 Å². The Morgan fingerprint density at radius 3 is 2.46 bits per heavy atom. The van der Waals surface area contributed by atoms with E-state index in [-0.39, 0.29) is 18.2 Å². The molecule has 0 bridgehead atoms. The second kappa shape index (κ2) is 8.87. The van der Waals surface area contributed by atoms with Crippen LogP contribution in [0.2, 0.25) is 0 Å². The molecule has 28 heavy (non-hydrogen) atoms. The van der Waals surface area contributed by atoms with Crippen molar-refractivity contribution in [2.45, 2.75) is 32.4 Å². The van der Waals surface area contributed by atoms with Crippen LogP contribution in [-0.2, 0) is 0 Å². The van der Waals surface area contributed by atoms with Crippen molar-refractivity contribution in [3.63, 3.8) is 0 Å². The summed E-state index contributed by atoms with van der Waals surface area (Å²) in [5.41, 5.74) is 2.09. The highest BCUT2D eigenvalue weighted by molar-refractivity contribution is 5.75. The van der Waals surface area contributed by atoms with Crippen molar-refractivity contribution in [2.24, 2.45) is 0 Å². The van der Waals surface area contributed by atoms with Crippen LogP contribution in [0.1, 0.15) is 30.5 Å². The number of rotatable bonds is 7. The van der Waals surface area contributed by atoms with Gasteiger partial charge in [0, 0.05) is 0 Å². The van der Waals surface area contributed by atoms with Crippen LogP contribution in [0.4, 0.5) is 4.79 Å². The lowest BCUT2D eigenvalue weighted by Gasteiger charge is -2.39. The molecule has 1 heterocycles. The Balaban J connectivity index is 1.56. The van der Waals surface area contributed by atoms with Gasteiger partial charge in [-0.15, -0.1) is 0 Å². The third-order valence-corrected chi connectivity index (χ3v) is 5.04. The van der Waals surface area contributed by atoms with E-state index in [2.05, 4.69) is 5.32 Å². The SMILES string of the molecule is CC[C@@H](NC(=O)N1CC(Oc2ccccc2C)C1)c1ccc(OC)c(OC)c1. The van der Waals surface area contributed by atoms with Crippen LogP contribution in [-0.4, -0.2) is 44.3 Å². The number of amides is 2. The summed E-state index contributed by atoms with van der Waals surface area (Å²) in [5, 5.41) is 3.10. The number of carbonyl (C=O) groups is 1. The standard InChI is InChI=1S/C22H28N2O4/c1-5-18(16-10-11-20(26-3)21(12-16)27-4)23-22(25)24-13-17(14-24)28-19-9-7-6-8-15(19)2/h6-12,17-18H,5,13-14H2,1-4H3,(H,23,25)/t18-/m1/s1. The number of urea groups is 1. The van der Waals surface area contributed by atoms with Crippen molar-refractivity contribution in [3.8, 4) is 17.2 Å². The molecule has 1 aliphatic heterocycles. The Morgan fingerprint density at radius 1 is 1.11 bits per heavy atom. The van der Waals surface area contributed by atoms with Crippen molar-refractivity contribution in [1.82, 2.24) is 10.2 Å². The average Bonchev–Trinajstić information content (AvgIpc) is 2.69. The van der Waals surface area contributed by atoms with Gasteiger partial charge in [0.25, 0.3) is 0 Å². The minimum Gasteiger partial charge on any atom is -0.493 e. The molecule has 1 atom stereocenters. The van der Waals surface area contributed by atoms with Gasteiger partial charge in [-0.1, -0.05) is 31.2 Å². The molecule has 0 unspecified atom stereocenters. The third-order valence-electron chi connectivity index (χ3n) is 5.04. The molecule has 2 aromatic carbocycles. The van der Waals surface area contributed by atoms with Crippen molar-refractivity contribution < 1.29 is 19.0 Å². The van der Waals surface area contributed by atoms with Crippen molar-refractivity contribution >= 4 is 6.03 Å². The van der Waals surface area contributed by atoms with E-state index in [1.807, 2.05) is 56.3 Å². The summed E-state index contributed by atoms with van der Waals surface area (Å²) in [6.45, 7) is 5.24. The first-order valence-electron chi connectivity index (χ1n) is 9.55. The van der Waals surface area contributed by atoms with E-state index in [1.165, 1.54) is 0 Å². The molecule has 0 aliphatic carbocycles. The number of hydrogen-bond donors (Lipinski definition) is 1. The minimum absolute atomic E-state index is 0.0352. The van der Waals surface area contributed by atoms with E-state index in [1.54, 1.807) is 19.1 Å². The molecule has 2 amide bonds. The van der Waals surface area contributed by atoms with E-state index >= 15 is 0 Å². The van der Waals surface area contributed by atoms with Gasteiger partial charge >= 0.3 is 6.03 Å². The Morgan fingerprint density at radius 2 is 1.82 bits per heavy atom. The van der Waals surface area contributed by atoms with Crippen LogP contribution >= 0.6 is 0 Å². The Kier molecular flexibility index (Phi) is 6.29. The number of nitrogens with zero attached hydrogens (tertiary/aromatic N) is 1. The summed E-state index contributed by atoms with van der Waals surface area (Å²) < 4.78 is 16.6. The molecule has 1 saturated heterocycles. The molecule has 0 radical (unpaired) electrons. The van der Waals surface area contributed by atoms with Crippen LogP contribution in [0.25, 0.3) is 0 Å². The molecule has 3 rings (SSSR count). The molecule has 0 spiro atoms. The van der Waals surface area contributed by atoms with E-state index in [9.17, 15) is 4.79 Å². The summed E-state index contributed by atoms with van der Waals surface area (Å²) in [5.74, 6) is 2.21. The highest BCUT2D eigenvalue weighted by Crippen LogP contribution is 2.31. The number of methoxy groups -OCH3 is 2. The lowest BCUT2D eigenvalue weighted by Crippen LogP contribution is -2.59. The van der Waals surface area contributed by atoms with Crippen LogP contribution in [0.15, 0.2) is 42.5 Å². The molecular weight excluding hydrogens is 356 g/mol. The number of nitrogens with one attached hydrogen (secondary N) is 1. The molecule has 1 N–H and O–H groups in total. The number of carbonyl (C=O) groups excluding carboxylic acids is 1. The van der Waals surface area contributed by atoms with Crippen LogP contribution < -0.4 is 19.5 Å². The summed E-state index contributed by atoms with van der Waals surface area (Å²) >= 11 is 0. The van der Waals surface area contributed by atoms with Gasteiger partial charge in [0.05, 0.1) is 33.4 Å². The van der Waals surface area contributed by atoms with Gasteiger partial charge < -0.3 is 24.4 Å². The van der Waals surface area contributed by atoms with Crippen molar-refractivity contribution in [1.29, 1.82) is 0 Å². The monoisotopic (exact) mass is 384 g/mol.